The van der Waals surface area contributed by atoms with Crippen LogP contribution in [0.2, 0.25) is 0 Å². The lowest BCUT2D eigenvalue weighted by Gasteiger charge is -1.97. The molecule has 6 heteroatoms. The molecule has 2 rings (SSSR count). The first-order valence-corrected chi connectivity index (χ1v) is 6.40. The highest BCUT2D eigenvalue weighted by Gasteiger charge is 2.17. The number of nitrogens with zero attached hydrogens (tertiary/aromatic N) is 2. The van der Waals surface area contributed by atoms with Gasteiger partial charge in [0.25, 0.3) is 11.4 Å². The number of hydrogen-bond acceptors (Lipinski definition) is 4. The molecule has 0 aromatic heterocycles. The smallest absolute Gasteiger partial charge is 0.258 e. The van der Waals surface area contributed by atoms with Crippen molar-refractivity contribution in [2.75, 3.05) is 0 Å². The van der Waals surface area contributed by atoms with E-state index >= 15 is 0 Å². The Balaban J connectivity index is 2.22. The van der Waals surface area contributed by atoms with Gasteiger partial charge in [-0.05, 0) is 17.7 Å². The second-order valence-corrected chi connectivity index (χ2v) is 4.39. The third-order valence-corrected chi connectivity index (χ3v) is 2.90. The zero-order valence-electron chi connectivity index (χ0n) is 11.5. The first-order valence-electron chi connectivity index (χ1n) is 6.40. The van der Waals surface area contributed by atoms with E-state index in [1.54, 1.807) is 18.2 Å². The number of nitro benzene ring substituents is 2. The lowest BCUT2D eigenvalue weighted by Crippen LogP contribution is -1.94. The molecule has 0 aliphatic heterocycles. The van der Waals surface area contributed by atoms with Crippen LogP contribution in [0.25, 0.3) is 12.2 Å². The molecule has 0 bridgehead atoms. The fraction of sp³-hybridized carbons (Fsp3) is 0. The second-order valence-electron chi connectivity index (χ2n) is 4.39. The Bertz CT molecular complexity index is 752. The Hall–Kier alpha value is -3.28. The van der Waals surface area contributed by atoms with Gasteiger partial charge in [0.2, 0.25) is 0 Å². The quantitative estimate of drug-likeness (QED) is 0.469. The third kappa shape index (κ3) is 3.86. The summed E-state index contributed by atoms with van der Waals surface area (Å²) < 4.78 is 0. The minimum Gasteiger partial charge on any atom is -0.258 e. The zero-order chi connectivity index (χ0) is 15.9. The molecule has 0 aliphatic carbocycles. The molecule has 0 radical (unpaired) electrons. The summed E-state index contributed by atoms with van der Waals surface area (Å²) >= 11 is 0. The van der Waals surface area contributed by atoms with E-state index < -0.39 is 9.85 Å². The molecule has 0 saturated carbocycles. The van der Waals surface area contributed by atoms with Crippen LogP contribution in [0.5, 0.6) is 0 Å². The van der Waals surface area contributed by atoms with Crippen LogP contribution in [0.1, 0.15) is 11.1 Å². The van der Waals surface area contributed by atoms with Crippen molar-refractivity contribution >= 4 is 23.5 Å². The van der Waals surface area contributed by atoms with Crippen LogP contribution in [0.4, 0.5) is 11.4 Å². The van der Waals surface area contributed by atoms with E-state index in [1.165, 1.54) is 12.1 Å². The molecule has 0 heterocycles. The minimum absolute atomic E-state index is 0.293. The first-order chi connectivity index (χ1) is 10.6. The van der Waals surface area contributed by atoms with Crippen molar-refractivity contribution in [1.82, 2.24) is 0 Å². The van der Waals surface area contributed by atoms with Gasteiger partial charge in [0.15, 0.2) is 0 Å². The number of non-ortho nitro benzene ring substituents is 1. The second kappa shape index (κ2) is 6.94. The predicted molar refractivity (Wildman–Crippen MR) is 84.3 cm³/mol. The summed E-state index contributed by atoms with van der Waals surface area (Å²) in [6.07, 6.45) is 6.80. The summed E-state index contributed by atoms with van der Waals surface area (Å²) in [5.41, 5.74) is 0.723. The van der Waals surface area contributed by atoms with Gasteiger partial charge in [-0.3, -0.25) is 20.2 Å². The number of allylic oxidation sites excluding steroid dienone is 2. The number of benzene rings is 2. The molecule has 22 heavy (non-hydrogen) atoms. The predicted octanol–water partition coefficient (Wildman–Crippen LogP) is 4.23. The average Bonchev–Trinajstić information content (AvgIpc) is 2.52. The molecule has 0 aliphatic rings. The number of nitro groups is 2. The van der Waals surface area contributed by atoms with Gasteiger partial charge in [-0.2, -0.15) is 0 Å². The summed E-state index contributed by atoms with van der Waals surface area (Å²) in [5.74, 6) is 0. The highest BCUT2D eigenvalue weighted by molar-refractivity contribution is 5.66. The van der Waals surface area contributed by atoms with Crippen LogP contribution in [-0.2, 0) is 0 Å². The van der Waals surface area contributed by atoms with Crippen molar-refractivity contribution in [2.24, 2.45) is 0 Å². The monoisotopic (exact) mass is 296 g/mol. The first kappa shape index (κ1) is 15.1. The largest absolute Gasteiger partial charge is 0.283 e. The van der Waals surface area contributed by atoms with E-state index in [0.717, 1.165) is 11.6 Å². The molecular formula is C16H12N2O4. The Morgan fingerprint density at radius 2 is 1.50 bits per heavy atom. The summed E-state index contributed by atoms with van der Waals surface area (Å²) in [6, 6.07) is 13.1. The Morgan fingerprint density at radius 1 is 0.818 bits per heavy atom. The summed E-state index contributed by atoms with van der Waals surface area (Å²) in [7, 11) is 0. The molecule has 0 N–H and O–H groups in total. The average molecular weight is 296 g/mol. The van der Waals surface area contributed by atoms with Gasteiger partial charge in [0.1, 0.15) is 0 Å². The van der Waals surface area contributed by atoms with Crippen LogP contribution in [-0.4, -0.2) is 9.85 Å². The fourth-order valence-corrected chi connectivity index (χ4v) is 1.83. The topological polar surface area (TPSA) is 86.3 Å². The van der Waals surface area contributed by atoms with Gasteiger partial charge < -0.3 is 0 Å². The van der Waals surface area contributed by atoms with Gasteiger partial charge in [0.05, 0.1) is 21.5 Å². The molecule has 0 unspecified atom stereocenters. The van der Waals surface area contributed by atoms with Gasteiger partial charge >= 0.3 is 0 Å². The van der Waals surface area contributed by atoms with E-state index in [9.17, 15) is 20.2 Å². The van der Waals surface area contributed by atoms with Crippen molar-refractivity contribution in [3.8, 4) is 0 Å². The molecule has 0 atom stereocenters. The van der Waals surface area contributed by atoms with Gasteiger partial charge in [-0.15, -0.1) is 0 Å². The third-order valence-electron chi connectivity index (χ3n) is 2.90. The summed E-state index contributed by atoms with van der Waals surface area (Å²) in [4.78, 5) is 20.4. The van der Waals surface area contributed by atoms with E-state index in [1.807, 2.05) is 36.4 Å². The zero-order valence-corrected chi connectivity index (χ0v) is 11.5. The van der Waals surface area contributed by atoms with E-state index in [2.05, 4.69) is 0 Å². The van der Waals surface area contributed by atoms with E-state index in [4.69, 9.17) is 0 Å². The van der Waals surface area contributed by atoms with Crippen molar-refractivity contribution in [3.63, 3.8) is 0 Å². The molecule has 0 spiro atoms. The van der Waals surface area contributed by atoms with Gasteiger partial charge in [-0.25, -0.2) is 0 Å². The maximum absolute atomic E-state index is 11.0. The van der Waals surface area contributed by atoms with Crippen molar-refractivity contribution in [3.05, 3.63) is 92.0 Å². The summed E-state index contributed by atoms with van der Waals surface area (Å²) in [6.45, 7) is 0. The molecule has 0 fully saturated rings. The van der Waals surface area contributed by atoms with Crippen LogP contribution >= 0.6 is 0 Å². The minimum atomic E-state index is -0.657. The Labute approximate surface area is 126 Å². The molecule has 110 valence electrons. The molecule has 0 saturated heterocycles. The van der Waals surface area contributed by atoms with E-state index in [0.29, 0.717) is 5.56 Å². The maximum atomic E-state index is 11.0. The van der Waals surface area contributed by atoms with Crippen LogP contribution in [0.3, 0.4) is 0 Å². The molecule has 6 nitrogen and oxygen atoms in total. The van der Waals surface area contributed by atoms with Crippen molar-refractivity contribution < 1.29 is 9.85 Å². The SMILES string of the molecule is O=[N+]([O-])c1ccc(C=CC=Cc2ccccc2)c([N+](=O)[O-])c1. The van der Waals surface area contributed by atoms with Gasteiger partial charge in [0, 0.05) is 6.07 Å². The fourth-order valence-electron chi connectivity index (χ4n) is 1.83. The van der Waals surface area contributed by atoms with Crippen LogP contribution < -0.4 is 0 Å². The lowest BCUT2D eigenvalue weighted by molar-refractivity contribution is -0.394. The molecule has 0 amide bonds. The highest BCUT2D eigenvalue weighted by Crippen LogP contribution is 2.25. The van der Waals surface area contributed by atoms with Gasteiger partial charge in [-0.1, -0.05) is 48.6 Å². The van der Waals surface area contributed by atoms with Crippen molar-refractivity contribution in [2.45, 2.75) is 0 Å². The number of hydrogen-bond donors (Lipinski definition) is 0. The highest BCUT2D eigenvalue weighted by atomic mass is 16.6. The Morgan fingerprint density at radius 3 is 2.14 bits per heavy atom. The number of rotatable bonds is 5. The Kier molecular flexibility index (Phi) is 4.77. The lowest BCUT2D eigenvalue weighted by atomic mass is 10.1. The molecule has 2 aromatic carbocycles. The normalized spacial score (nSPS) is 11.1. The van der Waals surface area contributed by atoms with Crippen LogP contribution in [0, 0.1) is 20.2 Å². The standard InChI is InChI=1S/C16H12N2O4/c19-17(20)15-11-10-14(16(12-15)18(21)22)9-5-4-8-13-6-2-1-3-7-13/h1-12H. The molecular weight excluding hydrogens is 284 g/mol. The van der Waals surface area contributed by atoms with Crippen LogP contribution in [0.15, 0.2) is 60.7 Å². The molecule has 2 aromatic rings. The maximum Gasteiger partial charge on any atom is 0.283 e. The van der Waals surface area contributed by atoms with Crippen molar-refractivity contribution in [1.29, 1.82) is 0 Å². The van der Waals surface area contributed by atoms with E-state index in [-0.39, 0.29) is 11.4 Å². The summed E-state index contributed by atoms with van der Waals surface area (Å²) in [5, 5.41) is 21.6.